The molecule has 1 aliphatic carbocycles. The van der Waals surface area contributed by atoms with Crippen LogP contribution in [0.25, 0.3) is 0 Å². The van der Waals surface area contributed by atoms with Crippen molar-refractivity contribution in [3.8, 4) is 0 Å². The highest BCUT2D eigenvalue weighted by atomic mass is 16.6. The van der Waals surface area contributed by atoms with Crippen molar-refractivity contribution in [1.29, 1.82) is 0 Å². The summed E-state index contributed by atoms with van der Waals surface area (Å²) in [4.78, 5) is 10.5. The number of nitrogens with two attached hydrogens (primary N) is 1. The van der Waals surface area contributed by atoms with Crippen LogP contribution in [0.15, 0.2) is 0 Å². The van der Waals surface area contributed by atoms with Crippen LogP contribution in [0.3, 0.4) is 0 Å². The largest absolute Gasteiger partial charge is 0.446 e. The third kappa shape index (κ3) is 3.96. The zero-order chi connectivity index (χ0) is 10.4. The Kier molecular flexibility index (Phi) is 4.73. The highest BCUT2D eigenvalue weighted by Crippen LogP contribution is 2.29. The predicted octanol–water partition coefficient (Wildman–Crippen LogP) is 1.41. The fourth-order valence-corrected chi connectivity index (χ4v) is 2.08. The summed E-state index contributed by atoms with van der Waals surface area (Å²) in [6, 6.07) is 0. The van der Waals surface area contributed by atoms with Gasteiger partial charge in [0.05, 0.1) is 0 Å². The number of ether oxygens (including phenoxy) is 1. The SMILES string of the molecule is NC(=O)OC1CCC(CCCO)CC1. The van der Waals surface area contributed by atoms with E-state index in [0.717, 1.165) is 38.5 Å². The quantitative estimate of drug-likeness (QED) is 0.722. The first-order chi connectivity index (χ1) is 6.72. The van der Waals surface area contributed by atoms with Crippen LogP contribution in [0.2, 0.25) is 0 Å². The average Bonchev–Trinajstić information content (AvgIpc) is 2.16. The van der Waals surface area contributed by atoms with Crippen molar-refractivity contribution in [3.05, 3.63) is 0 Å². The van der Waals surface area contributed by atoms with Crippen molar-refractivity contribution < 1.29 is 14.6 Å². The number of hydrogen-bond donors (Lipinski definition) is 2. The van der Waals surface area contributed by atoms with E-state index in [1.165, 1.54) is 0 Å². The number of primary amides is 1. The maximum absolute atomic E-state index is 10.5. The first-order valence-corrected chi connectivity index (χ1v) is 5.29. The molecule has 0 atom stereocenters. The van der Waals surface area contributed by atoms with E-state index < -0.39 is 6.09 Å². The summed E-state index contributed by atoms with van der Waals surface area (Å²) < 4.78 is 4.93. The molecule has 0 saturated heterocycles. The summed E-state index contributed by atoms with van der Waals surface area (Å²) >= 11 is 0. The lowest BCUT2D eigenvalue weighted by atomic mass is 9.84. The molecule has 0 unspecified atom stereocenters. The highest BCUT2D eigenvalue weighted by Gasteiger charge is 2.22. The van der Waals surface area contributed by atoms with Crippen LogP contribution in [0.4, 0.5) is 4.79 Å². The van der Waals surface area contributed by atoms with Gasteiger partial charge in [-0.05, 0) is 44.4 Å². The summed E-state index contributed by atoms with van der Waals surface area (Å²) in [6.07, 6.45) is 5.32. The number of aliphatic hydroxyl groups is 1. The zero-order valence-electron chi connectivity index (χ0n) is 8.45. The van der Waals surface area contributed by atoms with E-state index in [0.29, 0.717) is 5.92 Å². The number of aliphatic hydroxyl groups excluding tert-OH is 1. The second kappa shape index (κ2) is 5.86. The lowest BCUT2D eigenvalue weighted by Gasteiger charge is -2.27. The molecule has 0 aromatic heterocycles. The van der Waals surface area contributed by atoms with Gasteiger partial charge in [0.25, 0.3) is 0 Å². The van der Waals surface area contributed by atoms with Crippen molar-refractivity contribution in [1.82, 2.24) is 0 Å². The lowest BCUT2D eigenvalue weighted by molar-refractivity contribution is 0.0689. The van der Waals surface area contributed by atoms with Crippen molar-refractivity contribution >= 4 is 6.09 Å². The second-order valence-corrected chi connectivity index (χ2v) is 3.95. The minimum atomic E-state index is -0.663. The smallest absolute Gasteiger partial charge is 0.404 e. The highest BCUT2D eigenvalue weighted by molar-refractivity contribution is 5.64. The van der Waals surface area contributed by atoms with Gasteiger partial charge in [-0.3, -0.25) is 0 Å². The Labute approximate surface area is 84.4 Å². The third-order valence-corrected chi connectivity index (χ3v) is 2.85. The van der Waals surface area contributed by atoms with Gasteiger partial charge in [-0.1, -0.05) is 0 Å². The predicted molar refractivity (Wildman–Crippen MR) is 52.7 cm³/mol. The molecular formula is C10H19NO3. The van der Waals surface area contributed by atoms with Gasteiger partial charge in [0.15, 0.2) is 0 Å². The summed E-state index contributed by atoms with van der Waals surface area (Å²) in [7, 11) is 0. The Morgan fingerprint density at radius 3 is 2.50 bits per heavy atom. The van der Waals surface area contributed by atoms with Crippen molar-refractivity contribution in [2.45, 2.75) is 44.6 Å². The first kappa shape index (κ1) is 11.3. The summed E-state index contributed by atoms with van der Waals surface area (Å²) in [5, 5.41) is 8.68. The van der Waals surface area contributed by atoms with Crippen LogP contribution in [0, 0.1) is 5.92 Å². The molecule has 14 heavy (non-hydrogen) atoms. The van der Waals surface area contributed by atoms with E-state index in [9.17, 15) is 4.79 Å². The van der Waals surface area contributed by atoms with Crippen LogP contribution in [0.1, 0.15) is 38.5 Å². The molecule has 0 aromatic rings. The maximum atomic E-state index is 10.5. The fourth-order valence-electron chi connectivity index (χ4n) is 2.08. The molecule has 0 aliphatic heterocycles. The molecule has 1 aliphatic rings. The molecule has 1 amide bonds. The Balaban J connectivity index is 2.14. The Bertz CT molecular complexity index is 176. The molecule has 3 N–H and O–H groups in total. The minimum Gasteiger partial charge on any atom is -0.446 e. The topological polar surface area (TPSA) is 72.6 Å². The van der Waals surface area contributed by atoms with E-state index in [2.05, 4.69) is 0 Å². The molecule has 1 saturated carbocycles. The molecular weight excluding hydrogens is 182 g/mol. The number of hydrogen-bond acceptors (Lipinski definition) is 3. The average molecular weight is 201 g/mol. The lowest BCUT2D eigenvalue weighted by Crippen LogP contribution is -2.27. The van der Waals surface area contributed by atoms with Gasteiger partial charge in [0.1, 0.15) is 6.10 Å². The Hall–Kier alpha value is -0.770. The van der Waals surface area contributed by atoms with Crippen LogP contribution < -0.4 is 5.73 Å². The van der Waals surface area contributed by atoms with E-state index in [4.69, 9.17) is 15.6 Å². The molecule has 0 spiro atoms. The van der Waals surface area contributed by atoms with Crippen LogP contribution >= 0.6 is 0 Å². The number of amides is 1. The second-order valence-electron chi connectivity index (χ2n) is 3.95. The normalized spacial score (nSPS) is 27.2. The Morgan fingerprint density at radius 2 is 2.00 bits per heavy atom. The molecule has 0 heterocycles. The van der Waals surface area contributed by atoms with E-state index in [1.54, 1.807) is 0 Å². The zero-order valence-corrected chi connectivity index (χ0v) is 8.45. The molecule has 1 fully saturated rings. The van der Waals surface area contributed by atoms with Gasteiger partial charge in [-0.15, -0.1) is 0 Å². The van der Waals surface area contributed by atoms with Crippen molar-refractivity contribution in [2.75, 3.05) is 6.61 Å². The monoisotopic (exact) mass is 201 g/mol. The number of carbonyl (C=O) groups is 1. The van der Waals surface area contributed by atoms with E-state index in [1.807, 2.05) is 0 Å². The van der Waals surface area contributed by atoms with Crippen LogP contribution in [-0.2, 0) is 4.74 Å². The van der Waals surface area contributed by atoms with Gasteiger partial charge in [0.2, 0.25) is 0 Å². The van der Waals surface area contributed by atoms with Crippen LogP contribution in [0.5, 0.6) is 0 Å². The van der Waals surface area contributed by atoms with Crippen molar-refractivity contribution in [2.24, 2.45) is 11.7 Å². The van der Waals surface area contributed by atoms with Gasteiger partial charge in [-0.2, -0.15) is 0 Å². The number of carbonyl (C=O) groups excluding carboxylic acids is 1. The standard InChI is InChI=1S/C10H19NO3/c11-10(13)14-9-5-3-8(4-6-9)2-1-7-12/h8-9,12H,1-7H2,(H2,11,13). The molecule has 0 radical (unpaired) electrons. The third-order valence-electron chi connectivity index (χ3n) is 2.85. The van der Waals surface area contributed by atoms with Gasteiger partial charge < -0.3 is 15.6 Å². The molecule has 0 aromatic carbocycles. The summed E-state index contributed by atoms with van der Waals surface area (Å²) in [5.41, 5.74) is 4.94. The summed E-state index contributed by atoms with van der Waals surface area (Å²) in [5.74, 6) is 0.690. The maximum Gasteiger partial charge on any atom is 0.404 e. The number of rotatable bonds is 4. The van der Waals surface area contributed by atoms with E-state index >= 15 is 0 Å². The van der Waals surface area contributed by atoms with Gasteiger partial charge in [-0.25, -0.2) is 4.79 Å². The van der Waals surface area contributed by atoms with Crippen LogP contribution in [-0.4, -0.2) is 23.9 Å². The molecule has 4 heteroatoms. The molecule has 1 rings (SSSR count). The molecule has 0 bridgehead atoms. The van der Waals surface area contributed by atoms with Crippen molar-refractivity contribution in [3.63, 3.8) is 0 Å². The van der Waals surface area contributed by atoms with Gasteiger partial charge >= 0.3 is 6.09 Å². The van der Waals surface area contributed by atoms with Gasteiger partial charge in [0, 0.05) is 6.61 Å². The first-order valence-electron chi connectivity index (χ1n) is 5.29. The summed E-state index contributed by atoms with van der Waals surface area (Å²) in [6.45, 7) is 0.276. The fraction of sp³-hybridized carbons (Fsp3) is 0.900. The minimum absolute atomic E-state index is 0.0258. The van der Waals surface area contributed by atoms with E-state index in [-0.39, 0.29) is 12.7 Å². The molecule has 4 nitrogen and oxygen atoms in total. The Morgan fingerprint density at radius 1 is 1.36 bits per heavy atom. The molecule has 82 valence electrons.